The minimum Gasteiger partial charge on any atom is -0.495 e. The number of hydrogen-bond donors (Lipinski definition) is 3. The number of aromatic amines is 1. The third kappa shape index (κ3) is 5.39. The number of anilines is 4. The third-order valence-corrected chi connectivity index (χ3v) is 9.47. The second kappa shape index (κ2) is 11.3. The van der Waals surface area contributed by atoms with E-state index in [9.17, 15) is 4.57 Å². The number of nitrogens with one attached hydrogen (secondary N) is 3. The van der Waals surface area contributed by atoms with Crippen LogP contribution in [-0.4, -0.2) is 73.9 Å². The fraction of sp³-hybridized carbons (Fsp3) is 0.258. The van der Waals surface area contributed by atoms with Gasteiger partial charge in [0, 0.05) is 44.4 Å². The summed E-state index contributed by atoms with van der Waals surface area (Å²) in [5.74, 6) is 1.51. The smallest absolute Gasteiger partial charge is 0.231 e. The van der Waals surface area contributed by atoms with E-state index in [0.29, 0.717) is 57.5 Å². The topological polar surface area (TPSA) is 148 Å². The number of H-pyrrole nitrogens is 1. The van der Waals surface area contributed by atoms with Gasteiger partial charge < -0.3 is 24.9 Å². The standard InChI is InChI=1S/C31H33N10O3P/c1-40-17-18(16-35-40)20-14-24(26(43-3)15-21(20)25-9-13-44-41(25)2)37-31-38-29-19(8-10-34-29)30(39-31)36-23-7-6-22-27(33-12-11-32-22)28(23)45(4,5)42/h6-8,10-12,14-17,25H,9,13H2,1-5H3,(H3,34,36,37,38,39). The number of hydroxylamine groups is 2. The van der Waals surface area contributed by atoms with Gasteiger partial charge in [-0.15, -0.1) is 0 Å². The first kappa shape index (κ1) is 28.9. The molecule has 0 amide bonds. The van der Waals surface area contributed by atoms with Gasteiger partial charge in [0.05, 0.1) is 53.5 Å². The number of methoxy groups -OCH3 is 1. The van der Waals surface area contributed by atoms with Crippen LogP contribution in [0.2, 0.25) is 0 Å². The van der Waals surface area contributed by atoms with Gasteiger partial charge in [-0.25, -0.2) is 0 Å². The second-order valence-electron chi connectivity index (χ2n) is 11.3. The molecule has 6 aromatic rings. The van der Waals surface area contributed by atoms with E-state index in [4.69, 9.17) is 19.5 Å². The molecule has 1 saturated heterocycles. The van der Waals surface area contributed by atoms with E-state index in [2.05, 4.69) is 30.7 Å². The van der Waals surface area contributed by atoms with Gasteiger partial charge in [0.1, 0.15) is 29.9 Å². The zero-order valence-corrected chi connectivity index (χ0v) is 26.5. The Morgan fingerprint density at radius 3 is 2.64 bits per heavy atom. The molecule has 1 atom stereocenters. The molecule has 7 rings (SSSR count). The van der Waals surface area contributed by atoms with Gasteiger partial charge in [0.2, 0.25) is 5.95 Å². The van der Waals surface area contributed by atoms with E-state index >= 15 is 0 Å². The molecule has 0 bridgehead atoms. The second-order valence-corrected chi connectivity index (χ2v) is 14.5. The van der Waals surface area contributed by atoms with Crippen LogP contribution in [-0.2, 0) is 16.5 Å². The number of fused-ring (bicyclic) bond motifs is 2. The van der Waals surface area contributed by atoms with E-state index in [-0.39, 0.29) is 6.04 Å². The van der Waals surface area contributed by atoms with Crippen LogP contribution in [0, 0.1) is 0 Å². The average Bonchev–Trinajstić information content (AvgIpc) is 3.77. The number of ether oxygens (including phenoxy) is 1. The van der Waals surface area contributed by atoms with Crippen molar-refractivity contribution in [2.24, 2.45) is 7.05 Å². The summed E-state index contributed by atoms with van der Waals surface area (Å²) in [5, 5.41) is 14.5. The first-order valence-electron chi connectivity index (χ1n) is 14.4. The molecule has 13 nitrogen and oxygen atoms in total. The van der Waals surface area contributed by atoms with Crippen LogP contribution in [0.25, 0.3) is 33.2 Å². The van der Waals surface area contributed by atoms with Crippen molar-refractivity contribution in [3.05, 3.63) is 66.9 Å². The molecular weight excluding hydrogens is 591 g/mol. The number of nitrogens with zero attached hydrogens (tertiary/aromatic N) is 7. The van der Waals surface area contributed by atoms with Crippen LogP contribution in [0.3, 0.4) is 0 Å². The van der Waals surface area contributed by atoms with E-state index in [0.717, 1.165) is 28.5 Å². The largest absolute Gasteiger partial charge is 0.495 e. The number of aromatic nitrogens is 7. The van der Waals surface area contributed by atoms with Gasteiger partial charge in [-0.3, -0.25) is 19.5 Å². The fourth-order valence-electron chi connectivity index (χ4n) is 5.89. The van der Waals surface area contributed by atoms with Gasteiger partial charge in [-0.05, 0) is 61.2 Å². The Kier molecular flexibility index (Phi) is 7.23. The summed E-state index contributed by atoms with van der Waals surface area (Å²) in [4.78, 5) is 27.5. The van der Waals surface area contributed by atoms with E-state index in [1.807, 2.05) is 68.1 Å². The molecule has 1 aliphatic heterocycles. The summed E-state index contributed by atoms with van der Waals surface area (Å²) in [5.41, 5.74) is 6.27. The van der Waals surface area contributed by atoms with Crippen molar-refractivity contribution in [3.8, 4) is 16.9 Å². The molecule has 4 aromatic heterocycles. The predicted molar refractivity (Wildman–Crippen MR) is 175 cm³/mol. The molecule has 1 unspecified atom stereocenters. The molecular formula is C31H33N10O3P. The molecule has 14 heteroatoms. The Hall–Kier alpha value is -4.84. The lowest BCUT2D eigenvalue weighted by Gasteiger charge is -2.23. The highest BCUT2D eigenvalue weighted by molar-refractivity contribution is 7.71. The van der Waals surface area contributed by atoms with Crippen molar-refractivity contribution in [1.82, 2.24) is 39.8 Å². The highest BCUT2D eigenvalue weighted by atomic mass is 31.2. The zero-order chi connectivity index (χ0) is 31.3. The maximum absolute atomic E-state index is 13.5. The van der Waals surface area contributed by atoms with Gasteiger partial charge in [-0.1, -0.05) is 0 Å². The van der Waals surface area contributed by atoms with Crippen molar-refractivity contribution >= 4 is 57.7 Å². The first-order valence-corrected chi connectivity index (χ1v) is 17.0. The highest BCUT2D eigenvalue weighted by Gasteiger charge is 2.29. The Morgan fingerprint density at radius 1 is 1.07 bits per heavy atom. The summed E-state index contributed by atoms with van der Waals surface area (Å²) < 4.78 is 21.2. The third-order valence-electron chi connectivity index (χ3n) is 7.94. The van der Waals surface area contributed by atoms with Crippen molar-refractivity contribution in [1.29, 1.82) is 0 Å². The predicted octanol–water partition coefficient (Wildman–Crippen LogP) is 5.35. The molecule has 1 aliphatic rings. The molecule has 3 N–H and O–H groups in total. The maximum Gasteiger partial charge on any atom is 0.231 e. The average molecular weight is 625 g/mol. The van der Waals surface area contributed by atoms with Crippen molar-refractivity contribution < 1.29 is 14.1 Å². The quantitative estimate of drug-likeness (QED) is 0.188. The monoisotopic (exact) mass is 624 g/mol. The molecule has 45 heavy (non-hydrogen) atoms. The fourth-order valence-corrected chi connectivity index (χ4v) is 7.28. The van der Waals surface area contributed by atoms with Crippen LogP contribution in [0.4, 0.5) is 23.1 Å². The van der Waals surface area contributed by atoms with Crippen LogP contribution >= 0.6 is 7.14 Å². The van der Waals surface area contributed by atoms with Crippen molar-refractivity contribution in [2.75, 3.05) is 44.7 Å². The number of hydrogen-bond acceptors (Lipinski definition) is 11. The van der Waals surface area contributed by atoms with Crippen molar-refractivity contribution in [3.63, 3.8) is 0 Å². The normalized spacial score (nSPS) is 15.6. The van der Waals surface area contributed by atoms with Gasteiger partial charge in [0.15, 0.2) is 0 Å². The molecule has 0 aliphatic carbocycles. The molecule has 5 heterocycles. The summed E-state index contributed by atoms with van der Waals surface area (Å²) >= 11 is 0. The van der Waals surface area contributed by atoms with Gasteiger partial charge in [0.25, 0.3) is 0 Å². The van der Waals surface area contributed by atoms with Crippen LogP contribution in [0.15, 0.2) is 61.3 Å². The summed E-state index contributed by atoms with van der Waals surface area (Å²) in [6.45, 7) is 4.10. The van der Waals surface area contributed by atoms with Gasteiger partial charge in [-0.2, -0.15) is 20.1 Å². The maximum atomic E-state index is 13.5. The Balaban J connectivity index is 1.32. The summed E-state index contributed by atoms with van der Waals surface area (Å²) in [6, 6.07) is 9.75. The molecule has 230 valence electrons. The summed E-state index contributed by atoms with van der Waals surface area (Å²) in [6.07, 6.45) is 9.73. The molecule has 0 radical (unpaired) electrons. The lowest BCUT2D eigenvalue weighted by Crippen LogP contribution is -2.17. The van der Waals surface area contributed by atoms with Crippen molar-refractivity contribution in [2.45, 2.75) is 12.5 Å². The Morgan fingerprint density at radius 2 is 1.91 bits per heavy atom. The molecule has 0 spiro atoms. The first-order chi connectivity index (χ1) is 21.7. The SMILES string of the molecule is COc1cc(C2CCON2C)c(-c2cnn(C)c2)cc1Nc1nc(Nc2ccc3nccnc3c2P(C)(C)=O)c2cc[nH]c2n1. The van der Waals surface area contributed by atoms with Crippen LogP contribution in [0.5, 0.6) is 5.75 Å². The van der Waals surface area contributed by atoms with E-state index in [1.165, 1.54) is 0 Å². The lowest BCUT2D eigenvalue weighted by molar-refractivity contribution is -0.110. The zero-order valence-electron chi connectivity index (χ0n) is 25.6. The van der Waals surface area contributed by atoms with E-state index < -0.39 is 7.14 Å². The van der Waals surface area contributed by atoms with Crippen LogP contribution < -0.4 is 20.7 Å². The molecule has 2 aromatic carbocycles. The number of aryl methyl sites for hydroxylation is 1. The highest BCUT2D eigenvalue weighted by Crippen LogP contribution is 2.43. The Bertz CT molecular complexity index is 2100. The van der Waals surface area contributed by atoms with Gasteiger partial charge >= 0.3 is 0 Å². The Labute approximate surface area is 259 Å². The lowest BCUT2D eigenvalue weighted by atomic mass is 9.94. The van der Waals surface area contributed by atoms with E-state index in [1.54, 1.807) is 37.5 Å². The minimum atomic E-state index is -2.78. The molecule has 1 fully saturated rings. The molecule has 0 saturated carbocycles. The number of benzene rings is 2. The van der Waals surface area contributed by atoms with Crippen LogP contribution in [0.1, 0.15) is 18.0 Å². The summed E-state index contributed by atoms with van der Waals surface area (Å²) in [7, 11) is 2.70. The minimum absolute atomic E-state index is 0.0550. The number of rotatable bonds is 8.